The summed E-state index contributed by atoms with van der Waals surface area (Å²) in [7, 11) is 0. The van der Waals surface area contributed by atoms with Crippen molar-refractivity contribution in [3.8, 4) is 23.0 Å². The van der Waals surface area contributed by atoms with Gasteiger partial charge in [0.1, 0.15) is 5.69 Å². The van der Waals surface area contributed by atoms with E-state index in [4.69, 9.17) is 10.3 Å². The molecule has 4 aromatic rings. The summed E-state index contributed by atoms with van der Waals surface area (Å²) in [5.74, 6) is 0.850. The molecule has 0 atom stereocenters. The molecule has 0 bridgehead atoms. The van der Waals surface area contributed by atoms with Gasteiger partial charge < -0.3 is 10.3 Å². The van der Waals surface area contributed by atoms with Gasteiger partial charge in [-0.1, -0.05) is 5.16 Å². The fourth-order valence-corrected chi connectivity index (χ4v) is 2.73. The Morgan fingerprint density at radius 2 is 2.05 bits per heavy atom. The average molecular weight is 295 g/mol. The van der Waals surface area contributed by atoms with E-state index in [-0.39, 0.29) is 0 Å². The van der Waals surface area contributed by atoms with Crippen LogP contribution in [0, 0.1) is 0 Å². The minimum atomic E-state index is 0.358. The SMILES string of the molecule is Nc1ccc(-c2nc(-c3cnc4ccsc4c3)no2)nc1. The number of hydrogen-bond acceptors (Lipinski definition) is 7. The average Bonchev–Trinajstić information content (AvgIpc) is 3.16. The minimum absolute atomic E-state index is 0.358. The largest absolute Gasteiger partial charge is 0.397 e. The molecule has 0 amide bonds. The summed E-state index contributed by atoms with van der Waals surface area (Å²) in [4.78, 5) is 12.9. The number of pyridine rings is 2. The quantitative estimate of drug-likeness (QED) is 0.611. The summed E-state index contributed by atoms with van der Waals surface area (Å²) in [6, 6.07) is 7.46. The van der Waals surface area contributed by atoms with Crippen molar-refractivity contribution >= 4 is 27.2 Å². The van der Waals surface area contributed by atoms with Gasteiger partial charge >= 0.3 is 0 Å². The van der Waals surface area contributed by atoms with Crippen LogP contribution in [0.25, 0.3) is 33.2 Å². The molecule has 0 spiro atoms. The number of aromatic nitrogens is 4. The zero-order valence-corrected chi connectivity index (χ0v) is 11.5. The lowest BCUT2D eigenvalue weighted by Gasteiger charge is -1.94. The van der Waals surface area contributed by atoms with Crippen LogP contribution >= 0.6 is 11.3 Å². The maximum Gasteiger partial charge on any atom is 0.276 e. The number of nitrogens with two attached hydrogens (primary N) is 1. The summed E-state index contributed by atoms with van der Waals surface area (Å²) < 4.78 is 6.34. The van der Waals surface area contributed by atoms with Crippen LogP contribution in [0.4, 0.5) is 5.69 Å². The summed E-state index contributed by atoms with van der Waals surface area (Å²) in [6.07, 6.45) is 3.29. The van der Waals surface area contributed by atoms with Crippen molar-refractivity contribution in [3.63, 3.8) is 0 Å². The van der Waals surface area contributed by atoms with Gasteiger partial charge in [-0.15, -0.1) is 11.3 Å². The maximum atomic E-state index is 5.61. The Morgan fingerprint density at radius 1 is 1.10 bits per heavy atom. The third-order valence-electron chi connectivity index (χ3n) is 2.99. The van der Waals surface area contributed by atoms with Crippen molar-refractivity contribution in [2.45, 2.75) is 0 Å². The Balaban J connectivity index is 1.74. The van der Waals surface area contributed by atoms with Gasteiger partial charge in [0.25, 0.3) is 5.89 Å². The molecule has 0 saturated heterocycles. The second-order valence-electron chi connectivity index (χ2n) is 4.43. The lowest BCUT2D eigenvalue weighted by atomic mass is 10.2. The van der Waals surface area contributed by atoms with E-state index < -0.39 is 0 Å². The monoisotopic (exact) mass is 295 g/mol. The molecule has 102 valence electrons. The lowest BCUT2D eigenvalue weighted by Crippen LogP contribution is -1.88. The summed E-state index contributed by atoms with van der Waals surface area (Å²) >= 11 is 1.63. The molecule has 0 aliphatic carbocycles. The van der Waals surface area contributed by atoms with E-state index >= 15 is 0 Å². The second-order valence-corrected chi connectivity index (χ2v) is 5.38. The summed E-state index contributed by atoms with van der Waals surface area (Å²) in [5.41, 5.74) is 8.57. The van der Waals surface area contributed by atoms with E-state index in [9.17, 15) is 0 Å². The molecule has 4 rings (SSSR count). The van der Waals surface area contributed by atoms with Gasteiger partial charge in [-0.2, -0.15) is 4.98 Å². The molecule has 0 aromatic carbocycles. The van der Waals surface area contributed by atoms with Gasteiger partial charge in [0.15, 0.2) is 0 Å². The van der Waals surface area contributed by atoms with Crippen molar-refractivity contribution in [1.29, 1.82) is 0 Å². The highest BCUT2D eigenvalue weighted by molar-refractivity contribution is 7.17. The Kier molecular flexibility index (Phi) is 2.65. The van der Waals surface area contributed by atoms with Gasteiger partial charge in [-0.25, -0.2) is 4.98 Å². The Labute approximate surface area is 123 Å². The van der Waals surface area contributed by atoms with Crippen LogP contribution in [0.1, 0.15) is 0 Å². The summed E-state index contributed by atoms with van der Waals surface area (Å²) in [5, 5.41) is 5.99. The summed E-state index contributed by atoms with van der Waals surface area (Å²) in [6.45, 7) is 0. The van der Waals surface area contributed by atoms with E-state index in [0.717, 1.165) is 15.8 Å². The van der Waals surface area contributed by atoms with Crippen molar-refractivity contribution < 1.29 is 4.52 Å². The molecule has 0 aliphatic rings. The second kappa shape index (κ2) is 4.64. The van der Waals surface area contributed by atoms with E-state index in [1.54, 1.807) is 35.9 Å². The number of hydrogen-bond donors (Lipinski definition) is 1. The highest BCUT2D eigenvalue weighted by atomic mass is 32.1. The molecular weight excluding hydrogens is 286 g/mol. The minimum Gasteiger partial charge on any atom is -0.397 e. The van der Waals surface area contributed by atoms with Gasteiger partial charge in [0, 0.05) is 11.8 Å². The predicted molar refractivity (Wildman–Crippen MR) is 80.6 cm³/mol. The Morgan fingerprint density at radius 3 is 2.90 bits per heavy atom. The normalized spacial score (nSPS) is 11.0. The molecule has 0 aliphatic heterocycles. The number of rotatable bonds is 2. The van der Waals surface area contributed by atoms with Gasteiger partial charge in [-0.3, -0.25) is 4.98 Å². The number of anilines is 1. The first kappa shape index (κ1) is 12.0. The fourth-order valence-electron chi connectivity index (χ4n) is 1.95. The van der Waals surface area contributed by atoms with Crippen molar-refractivity contribution in [3.05, 3.63) is 42.0 Å². The number of nitrogen functional groups attached to an aromatic ring is 1. The van der Waals surface area contributed by atoms with Crippen LogP contribution in [0.3, 0.4) is 0 Å². The number of fused-ring (bicyclic) bond motifs is 1. The molecule has 0 saturated carbocycles. The van der Waals surface area contributed by atoms with E-state index in [0.29, 0.717) is 23.1 Å². The zero-order chi connectivity index (χ0) is 14.2. The van der Waals surface area contributed by atoms with Crippen molar-refractivity contribution in [2.24, 2.45) is 0 Å². The molecule has 4 aromatic heterocycles. The molecule has 4 heterocycles. The zero-order valence-electron chi connectivity index (χ0n) is 10.7. The first-order valence-corrected chi connectivity index (χ1v) is 7.07. The highest BCUT2D eigenvalue weighted by Crippen LogP contribution is 2.25. The Bertz CT molecular complexity index is 912. The molecule has 21 heavy (non-hydrogen) atoms. The van der Waals surface area contributed by atoms with Crippen molar-refractivity contribution in [2.75, 3.05) is 5.73 Å². The standard InChI is InChI=1S/C14H9N5OS/c15-9-1-2-11(17-7-9)14-18-13(19-20-14)8-5-12-10(16-6-8)3-4-21-12/h1-7H,15H2. The lowest BCUT2D eigenvalue weighted by molar-refractivity contribution is 0.431. The first-order valence-electron chi connectivity index (χ1n) is 6.19. The van der Waals surface area contributed by atoms with Crippen LogP contribution in [0.15, 0.2) is 46.6 Å². The van der Waals surface area contributed by atoms with Crippen LogP contribution in [-0.2, 0) is 0 Å². The Hall–Kier alpha value is -2.80. The number of nitrogens with zero attached hydrogens (tertiary/aromatic N) is 4. The molecule has 7 heteroatoms. The van der Waals surface area contributed by atoms with E-state index in [2.05, 4.69) is 20.1 Å². The highest BCUT2D eigenvalue weighted by Gasteiger charge is 2.12. The van der Waals surface area contributed by atoms with Crippen LogP contribution in [-0.4, -0.2) is 20.1 Å². The van der Waals surface area contributed by atoms with Crippen LogP contribution < -0.4 is 5.73 Å². The molecule has 0 unspecified atom stereocenters. The molecule has 6 nitrogen and oxygen atoms in total. The first-order chi connectivity index (χ1) is 10.3. The molecule has 0 fully saturated rings. The van der Waals surface area contributed by atoms with Crippen molar-refractivity contribution in [1.82, 2.24) is 20.1 Å². The van der Waals surface area contributed by atoms with Gasteiger partial charge in [-0.05, 0) is 29.6 Å². The van der Waals surface area contributed by atoms with Gasteiger partial charge in [0.2, 0.25) is 5.82 Å². The third-order valence-corrected chi connectivity index (χ3v) is 3.85. The maximum absolute atomic E-state index is 5.61. The molecular formula is C14H9N5OS. The number of thiophene rings is 1. The smallest absolute Gasteiger partial charge is 0.276 e. The van der Waals surface area contributed by atoms with E-state index in [1.165, 1.54) is 0 Å². The van der Waals surface area contributed by atoms with Crippen LogP contribution in [0.5, 0.6) is 0 Å². The molecule has 0 radical (unpaired) electrons. The van der Waals surface area contributed by atoms with E-state index in [1.807, 2.05) is 17.5 Å². The predicted octanol–water partition coefficient (Wildman–Crippen LogP) is 2.99. The van der Waals surface area contributed by atoms with Gasteiger partial charge in [0.05, 0.1) is 22.1 Å². The third kappa shape index (κ3) is 2.13. The van der Waals surface area contributed by atoms with Crippen LogP contribution in [0.2, 0.25) is 0 Å². The molecule has 2 N–H and O–H groups in total. The topological polar surface area (TPSA) is 90.7 Å². The fraction of sp³-hybridized carbons (Fsp3) is 0.